The second-order valence-electron chi connectivity index (χ2n) is 7.66. The predicted octanol–water partition coefficient (Wildman–Crippen LogP) is 2.15. The fourth-order valence-corrected chi connectivity index (χ4v) is 3.90. The van der Waals surface area contributed by atoms with Crippen LogP contribution in [0.4, 0.5) is 11.6 Å². The Morgan fingerprint density at radius 1 is 1.12 bits per heavy atom. The van der Waals surface area contributed by atoms with Gasteiger partial charge in [0, 0.05) is 58.1 Å². The number of hydrogen-bond acceptors (Lipinski definition) is 6. The van der Waals surface area contributed by atoms with Crippen molar-refractivity contribution in [1.29, 1.82) is 0 Å². The lowest BCUT2D eigenvalue weighted by Crippen LogP contribution is -2.38. The van der Waals surface area contributed by atoms with Crippen LogP contribution < -0.4 is 10.2 Å². The largest absolute Gasteiger partial charge is 0.367 e. The first-order valence-electron chi connectivity index (χ1n) is 9.71. The monoisotopic (exact) mass is 355 g/mol. The molecule has 140 valence electrons. The number of piperidine rings is 1. The van der Waals surface area contributed by atoms with Crippen molar-refractivity contribution in [2.45, 2.75) is 51.2 Å². The van der Waals surface area contributed by atoms with Crippen molar-refractivity contribution < 1.29 is 0 Å². The van der Waals surface area contributed by atoms with E-state index in [2.05, 4.69) is 30.9 Å². The molecule has 0 bridgehead atoms. The molecule has 2 aliphatic heterocycles. The summed E-state index contributed by atoms with van der Waals surface area (Å²) in [5.74, 6) is 1.85. The summed E-state index contributed by atoms with van der Waals surface area (Å²) >= 11 is 0. The number of aryl methyl sites for hydroxylation is 2. The van der Waals surface area contributed by atoms with Crippen molar-refractivity contribution in [3.05, 3.63) is 29.8 Å². The first-order chi connectivity index (χ1) is 12.7. The molecule has 2 aliphatic rings. The van der Waals surface area contributed by atoms with Crippen LogP contribution in [0.1, 0.15) is 37.1 Å². The third-order valence-corrected chi connectivity index (χ3v) is 5.40. The lowest BCUT2D eigenvalue weighted by Gasteiger charge is -2.32. The number of nitrogens with one attached hydrogen (secondary N) is 1. The third kappa shape index (κ3) is 3.98. The number of likely N-dealkylation sites (tertiary alicyclic amines) is 1. The molecule has 4 rings (SSSR count). The van der Waals surface area contributed by atoms with Gasteiger partial charge in [0.2, 0.25) is 0 Å². The summed E-state index contributed by atoms with van der Waals surface area (Å²) in [7, 11) is 4.00. The van der Waals surface area contributed by atoms with Gasteiger partial charge >= 0.3 is 0 Å². The van der Waals surface area contributed by atoms with Gasteiger partial charge in [-0.05, 0) is 38.2 Å². The molecule has 1 N–H and O–H groups in total. The zero-order chi connectivity index (χ0) is 17.9. The average molecular weight is 355 g/mol. The molecule has 0 spiro atoms. The molecule has 0 amide bonds. The van der Waals surface area contributed by atoms with Gasteiger partial charge in [0.05, 0.1) is 5.69 Å². The van der Waals surface area contributed by atoms with E-state index in [4.69, 9.17) is 5.10 Å². The highest BCUT2D eigenvalue weighted by molar-refractivity contribution is 5.47. The molecule has 1 fully saturated rings. The molecule has 0 aromatic carbocycles. The number of anilines is 2. The van der Waals surface area contributed by atoms with Gasteiger partial charge in [-0.2, -0.15) is 5.10 Å². The van der Waals surface area contributed by atoms with Gasteiger partial charge in [0.25, 0.3) is 0 Å². The number of fused-ring (bicyclic) bond motifs is 1. The molecule has 0 atom stereocenters. The summed E-state index contributed by atoms with van der Waals surface area (Å²) < 4.78 is 2.21. The van der Waals surface area contributed by atoms with Crippen LogP contribution in [0, 0.1) is 0 Å². The molecule has 4 heterocycles. The molecule has 7 nitrogen and oxygen atoms in total. The Hall–Kier alpha value is -2.15. The number of hydrogen-bond donors (Lipinski definition) is 1. The molecule has 2 aromatic heterocycles. The van der Waals surface area contributed by atoms with Gasteiger partial charge < -0.3 is 10.2 Å². The van der Waals surface area contributed by atoms with Gasteiger partial charge in [-0.3, -0.25) is 9.58 Å². The van der Waals surface area contributed by atoms with Crippen molar-refractivity contribution in [2.24, 2.45) is 0 Å². The van der Waals surface area contributed by atoms with Crippen LogP contribution in [0.5, 0.6) is 0 Å². The minimum atomic E-state index is 0.478. The third-order valence-electron chi connectivity index (χ3n) is 5.40. The minimum absolute atomic E-state index is 0.478. The Kier molecular flexibility index (Phi) is 5.06. The van der Waals surface area contributed by atoms with Crippen LogP contribution in [-0.4, -0.2) is 57.9 Å². The highest BCUT2D eigenvalue weighted by Gasteiger charge is 2.21. The standard InChI is InChI=1S/C19H29N7/c1-24(2)19-12-18(20-14-21-19)22-15-6-9-25(10-7-15)13-16-11-17-5-3-4-8-26(17)23-16/h11-12,14-15H,3-10,13H2,1-2H3,(H,20,21,22). The summed E-state index contributed by atoms with van der Waals surface area (Å²) in [6.07, 6.45) is 7.66. The first-order valence-corrected chi connectivity index (χ1v) is 9.71. The average Bonchev–Trinajstić information content (AvgIpc) is 3.06. The molecule has 0 unspecified atom stereocenters. The van der Waals surface area contributed by atoms with Gasteiger partial charge in [-0.1, -0.05) is 0 Å². The molecular formula is C19H29N7. The summed E-state index contributed by atoms with van der Waals surface area (Å²) in [6.45, 7) is 4.27. The number of nitrogens with zero attached hydrogens (tertiary/aromatic N) is 6. The fourth-order valence-electron chi connectivity index (χ4n) is 3.90. The maximum absolute atomic E-state index is 4.80. The normalized spacial score (nSPS) is 18.5. The zero-order valence-electron chi connectivity index (χ0n) is 15.9. The lowest BCUT2D eigenvalue weighted by atomic mass is 10.0. The van der Waals surface area contributed by atoms with Gasteiger partial charge in [0.1, 0.15) is 18.0 Å². The minimum Gasteiger partial charge on any atom is -0.367 e. The van der Waals surface area contributed by atoms with E-state index in [1.54, 1.807) is 6.33 Å². The summed E-state index contributed by atoms with van der Waals surface area (Å²) in [5.41, 5.74) is 2.66. The Bertz CT molecular complexity index is 708. The van der Waals surface area contributed by atoms with Crippen molar-refractivity contribution in [1.82, 2.24) is 24.6 Å². The van der Waals surface area contributed by atoms with Crippen LogP contribution in [0.2, 0.25) is 0 Å². The van der Waals surface area contributed by atoms with Crippen LogP contribution >= 0.6 is 0 Å². The summed E-state index contributed by atoms with van der Waals surface area (Å²) in [6, 6.07) is 4.81. The second-order valence-corrected chi connectivity index (χ2v) is 7.66. The Labute approximate surface area is 155 Å². The maximum atomic E-state index is 4.80. The van der Waals surface area contributed by atoms with Crippen LogP contribution in [0.15, 0.2) is 18.5 Å². The lowest BCUT2D eigenvalue weighted by molar-refractivity contribution is 0.208. The van der Waals surface area contributed by atoms with E-state index in [9.17, 15) is 0 Å². The SMILES string of the molecule is CN(C)c1cc(NC2CCN(Cc3cc4n(n3)CCCC4)CC2)ncn1. The predicted molar refractivity (Wildman–Crippen MR) is 103 cm³/mol. The molecular weight excluding hydrogens is 326 g/mol. The number of rotatable bonds is 5. The zero-order valence-corrected chi connectivity index (χ0v) is 15.9. The topological polar surface area (TPSA) is 62.1 Å². The van der Waals surface area contributed by atoms with E-state index >= 15 is 0 Å². The van der Waals surface area contributed by atoms with Crippen molar-refractivity contribution in [2.75, 3.05) is 37.4 Å². The molecule has 26 heavy (non-hydrogen) atoms. The van der Waals surface area contributed by atoms with E-state index in [0.717, 1.165) is 50.7 Å². The molecule has 0 aliphatic carbocycles. The molecule has 7 heteroatoms. The van der Waals surface area contributed by atoms with E-state index in [0.29, 0.717) is 6.04 Å². The molecule has 2 aromatic rings. The van der Waals surface area contributed by atoms with E-state index in [1.165, 1.54) is 30.7 Å². The van der Waals surface area contributed by atoms with E-state index in [1.807, 2.05) is 25.1 Å². The fraction of sp³-hybridized carbons (Fsp3) is 0.632. The molecule has 1 saturated heterocycles. The quantitative estimate of drug-likeness (QED) is 0.887. The van der Waals surface area contributed by atoms with Crippen molar-refractivity contribution >= 4 is 11.6 Å². The van der Waals surface area contributed by atoms with Crippen molar-refractivity contribution in [3.63, 3.8) is 0 Å². The number of aromatic nitrogens is 4. The maximum Gasteiger partial charge on any atom is 0.133 e. The van der Waals surface area contributed by atoms with Crippen LogP contribution in [-0.2, 0) is 19.5 Å². The summed E-state index contributed by atoms with van der Waals surface area (Å²) in [5, 5.41) is 8.37. The Balaban J connectivity index is 1.29. The first kappa shape index (κ1) is 17.3. The second kappa shape index (κ2) is 7.61. The van der Waals surface area contributed by atoms with Crippen LogP contribution in [0.25, 0.3) is 0 Å². The summed E-state index contributed by atoms with van der Waals surface area (Å²) in [4.78, 5) is 13.2. The molecule has 0 radical (unpaired) electrons. The highest BCUT2D eigenvalue weighted by Crippen LogP contribution is 2.20. The van der Waals surface area contributed by atoms with Gasteiger partial charge in [-0.15, -0.1) is 0 Å². The van der Waals surface area contributed by atoms with Crippen LogP contribution in [0.3, 0.4) is 0 Å². The smallest absolute Gasteiger partial charge is 0.133 e. The Morgan fingerprint density at radius 2 is 1.96 bits per heavy atom. The van der Waals surface area contributed by atoms with Gasteiger partial charge in [-0.25, -0.2) is 9.97 Å². The molecule has 0 saturated carbocycles. The van der Waals surface area contributed by atoms with E-state index in [-0.39, 0.29) is 0 Å². The van der Waals surface area contributed by atoms with Gasteiger partial charge in [0.15, 0.2) is 0 Å². The highest BCUT2D eigenvalue weighted by atomic mass is 15.3. The van der Waals surface area contributed by atoms with Crippen molar-refractivity contribution in [3.8, 4) is 0 Å². The Morgan fingerprint density at radius 3 is 2.73 bits per heavy atom. The van der Waals surface area contributed by atoms with E-state index < -0.39 is 0 Å².